The molecule has 1 fully saturated rings. The summed E-state index contributed by atoms with van der Waals surface area (Å²) in [6.07, 6.45) is -5.31. The minimum Gasteiger partial charge on any atom is -0.465 e. The van der Waals surface area contributed by atoms with Crippen LogP contribution < -0.4 is 0 Å². The summed E-state index contributed by atoms with van der Waals surface area (Å²) in [5.74, 6) is 0. The van der Waals surface area contributed by atoms with Crippen LogP contribution in [0.4, 0.5) is 18.0 Å². The lowest BCUT2D eigenvalue weighted by Crippen LogP contribution is -2.53. The molecule has 1 N–H and O–H groups in total. The van der Waals surface area contributed by atoms with Crippen LogP contribution in [0.3, 0.4) is 0 Å². The van der Waals surface area contributed by atoms with Gasteiger partial charge in [0.2, 0.25) is 0 Å². The molecule has 22 heavy (non-hydrogen) atoms. The Hall–Kier alpha value is -1.76. The molecule has 1 atom stereocenters. The van der Waals surface area contributed by atoms with Crippen molar-refractivity contribution < 1.29 is 23.1 Å². The van der Waals surface area contributed by atoms with Gasteiger partial charge in [-0.2, -0.15) is 13.2 Å². The van der Waals surface area contributed by atoms with Crippen LogP contribution >= 0.6 is 0 Å². The highest BCUT2D eigenvalue weighted by Crippen LogP contribution is 2.33. The first kappa shape index (κ1) is 16.6. The zero-order valence-electron chi connectivity index (χ0n) is 12.5. The highest BCUT2D eigenvalue weighted by Gasteiger charge is 2.33. The SMILES string of the molecule is Cc1c(CN2CCN(C(=O)O)[C@H](C)C2)cccc1C(F)(F)F. The molecule has 0 aromatic heterocycles. The number of nitrogens with zero attached hydrogens (tertiary/aromatic N) is 2. The predicted molar refractivity (Wildman–Crippen MR) is 75.7 cm³/mol. The number of alkyl halides is 3. The van der Waals surface area contributed by atoms with Crippen LogP contribution in [0, 0.1) is 6.92 Å². The van der Waals surface area contributed by atoms with E-state index in [9.17, 15) is 18.0 Å². The topological polar surface area (TPSA) is 43.8 Å². The van der Waals surface area contributed by atoms with Crippen LogP contribution in [-0.4, -0.2) is 46.7 Å². The Labute approximate surface area is 127 Å². The van der Waals surface area contributed by atoms with Gasteiger partial charge >= 0.3 is 12.3 Å². The smallest absolute Gasteiger partial charge is 0.416 e. The monoisotopic (exact) mass is 316 g/mol. The summed E-state index contributed by atoms with van der Waals surface area (Å²) in [5.41, 5.74) is 0.260. The minimum absolute atomic E-state index is 0.169. The van der Waals surface area contributed by atoms with E-state index in [0.717, 1.165) is 6.07 Å². The third kappa shape index (κ3) is 3.52. The van der Waals surface area contributed by atoms with Crippen LogP contribution in [-0.2, 0) is 12.7 Å². The highest BCUT2D eigenvalue weighted by molar-refractivity contribution is 5.65. The number of carboxylic acid groups (broad SMARTS) is 1. The fraction of sp³-hybridized carbons (Fsp3) is 0.533. The molecule has 1 aromatic carbocycles. The lowest BCUT2D eigenvalue weighted by atomic mass is 10.0. The molecule has 1 aliphatic rings. The van der Waals surface area contributed by atoms with E-state index in [0.29, 0.717) is 31.7 Å². The normalized spacial score (nSPS) is 20.2. The van der Waals surface area contributed by atoms with Crippen molar-refractivity contribution in [3.63, 3.8) is 0 Å². The Morgan fingerprint density at radius 2 is 2.05 bits per heavy atom. The van der Waals surface area contributed by atoms with E-state index < -0.39 is 17.8 Å². The van der Waals surface area contributed by atoms with E-state index in [4.69, 9.17) is 5.11 Å². The number of rotatable bonds is 2. The molecule has 4 nitrogen and oxygen atoms in total. The third-order valence-corrected chi connectivity index (χ3v) is 4.10. The van der Waals surface area contributed by atoms with Crippen LogP contribution in [0.1, 0.15) is 23.6 Å². The van der Waals surface area contributed by atoms with Gasteiger partial charge in [0.25, 0.3) is 0 Å². The van der Waals surface area contributed by atoms with E-state index in [-0.39, 0.29) is 11.6 Å². The molecule has 0 unspecified atom stereocenters. The Kier molecular flexibility index (Phi) is 4.65. The van der Waals surface area contributed by atoms with E-state index in [2.05, 4.69) is 0 Å². The van der Waals surface area contributed by atoms with Crippen molar-refractivity contribution in [1.82, 2.24) is 9.80 Å². The highest BCUT2D eigenvalue weighted by atomic mass is 19.4. The fourth-order valence-corrected chi connectivity index (χ4v) is 2.86. The average molecular weight is 316 g/mol. The summed E-state index contributed by atoms with van der Waals surface area (Å²) in [5, 5.41) is 9.04. The molecular weight excluding hydrogens is 297 g/mol. The first-order valence-corrected chi connectivity index (χ1v) is 7.07. The maximum atomic E-state index is 12.9. The van der Waals surface area contributed by atoms with E-state index in [1.165, 1.54) is 17.9 Å². The summed E-state index contributed by atoms with van der Waals surface area (Å²) < 4.78 is 38.8. The molecule has 1 saturated heterocycles. The Balaban J connectivity index is 2.11. The number of hydrogen-bond donors (Lipinski definition) is 1. The maximum absolute atomic E-state index is 12.9. The fourth-order valence-electron chi connectivity index (χ4n) is 2.86. The second-order valence-electron chi connectivity index (χ2n) is 5.65. The summed E-state index contributed by atoms with van der Waals surface area (Å²) in [6, 6.07) is 4.03. The number of carbonyl (C=O) groups is 1. The molecule has 122 valence electrons. The van der Waals surface area contributed by atoms with E-state index in [1.54, 1.807) is 13.0 Å². The maximum Gasteiger partial charge on any atom is 0.416 e. The first-order valence-electron chi connectivity index (χ1n) is 7.07. The molecule has 2 rings (SSSR count). The van der Waals surface area contributed by atoms with Crippen molar-refractivity contribution in [3.05, 3.63) is 34.9 Å². The number of amides is 1. The molecule has 0 radical (unpaired) electrons. The quantitative estimate of drug-likeness (QED) is 0.911. The summed E-state index contributed by atoms with van der Waals surface area (Å²) in [4.78, 5) is 14.4. The van der Waals surface area contributed by atoms with Gasteiger partial charge in [-0.3, -0.25) is 4.90 Å². The van der Waals surface area contributed by atoms with Crippen LogP contribution in [0.15, 0.2) is 18.2 Å². The van der Waals surface area contributed by atoms with Crippen molar-refractivity contribution in [2.75, 3.05) is 19.6 Å². The lowest BCUT2D eigenvalue weighted by molar-refractivity contribution is -0.138. The molecule has 1 aromatic rings. The lowest BCUT2D eigenvalue weighted by Gasteiger charge is -2.38. The van der Waals surface area contributed by atoms with Crippen LogP contribution in [0.25, 0.3) is 0 Å². The van der Waals surface area contributed by atoms with Crippen LogP contribution in [0.5, 0.6) is 0 Å². The Bertz CT molecular complexity index is 560. The van der Waals surface area contributed by atoms with Gasteiger partial charge in [-0.05, 0) is 31.0 Å². The Morgan fingerprint density at radius 3 is 2.59 bits per heavy atom. The van der Waals surface area contributed by atoms with Crippen molar-refractivity contribution in [3.8, 4) is 0 Å². The first-order chi connectivity index (χ1) is 10.2. The number of piperazine rings is 1. The third-order valence-electron chi connectivity index (χ3n) is 4.10. The van der Waals surface area contributed by atoms with Gasteiger partial charge in [0.1, 0.15) is 0 Å². The van der Waals surface area contributed by atoms with Gasteiger partial charge in [-0.1, -0.05) is 12.1 Å². The van der Waals surface area contributed by atoms with Gasteiger partial charge in [0, 0.05) is 32.2 Å². The van der Waals surface area contributed by atoms with Gasteiger partial charge < -0.3 is 10.0 Å². The molecule has 0 saturated carbocycles. The molecule has 1 aliphatic heterocycles. The predicted octanol–water partition coefficient (Wildman–Crippen LogP) is 3.20. The van der Waals surface area contributed by atoms with Crippen LogP contribution in [0.2, 0.25) is 0 Å². The molecule has 0 bridgehead atoms. The van der Waals surface area contributed by atoms with Gasteiger partial charge in [-0.15, -0.1) is 0 Å². The zero-order valence-corrected chi connectivity index (χ0v) is 12.5. The van der Waals surface area contributed by atoms with Crippen molar-refractivity contribution in [2.45, 2.75) is 32.6 Å². The molecule has 1 heterocycles. The summed E-state index contributed by atoms with van der Waals surface area (Å²) in [7, 11) is 0. The summed E-state index contributed by atoms with van der Waals surface area (Å²) >= 11 is 0. The van der Waals surface area contributed by atoms with Crippen molar-refractivity contribution in [2.24, 2.45) is 0 Å². The summed E-state index contributed by atoms with van der Waals surface area (Å²) in [6.45, 7) is 5.09. The zero-order chi connectivity index (χ0) is 16.5. The molecule has 0 spiro atoms. The van der Waals surface area contributed by atoms with Gasteiger partial charge in [0.05, 0.1) is 5.56 Å². The second kappa shape index (κ2) is 6.16. The van der Waals surface area contributed by atoms with Crippen molar-refractivity contribution >= 4 is 6.09 Å². The Morgan fingerprint density at radius 1 is 1.36 bits per heavy atom. The molecule has 1 amide bonds. The average Bonchev–Trinajstić information content (AvgIpc) is 2.39. The van der Waals surface area contributed by atoms with E-state index in [1.807, 2.05) is 4.90 Å². The standard InChI is InChI=1S/C15H19F3N2O2/c1-10-8-19(6-7-20(10)14(21)22)9-12-4-3-5-13(11(12)2)15(16,17)18/h3-5,10H,6-9H2,1-2H3,(H,21,22)/t10-/m1/s1. The second-order valence-corrected chi connectivity index (χ2v) is 5.65. The minimum atomic E-state index is -4.35. The molecule has 0 aliphatic carbocycles. The largest absolute Gasteiger partial charge is 0.465 e. The number of hydrogen-bond acceptors (Lipinski definition) is 2. The molecular formula is C15H19F3N2O2. The van der Waals surface area contributed by atoms with Crippen molar-refractivity contribution in [1.29, 1.82) is 0 Å². The number of halogens is 3. The number of benzene rings is 1. The van der Waals surface area contributed by atoms with Gasteiger partial charge in [0.15, 0.2) is 0 Å². The van der Waals surface area contributed by atoms with Gasteiger partial charge in [-0.25, -0.2) is 4.79 Å². The van der Waals surface area contributed by atoms with E-state index >= 15 is 0 Å². The molecule has 7 heteroatoms.